The van der Waals surface area contributed by atoms with Gasteiger partial charge in [0.25, 0.3) is 0 Å². The van der Waals surface area contributed by atoms with Crippen molar-refractivity contribution in [1.82, 2.24) is 0 Å². The summed E-state index contributed by atoms with van der Waals surface area (Å²) in [6.45, 7) is 0. The van der Waals surface area contributed by atoms with Gasteiger partial charge >= 0.3 is 0 Å². The molecule has 0 unspecified atom stereocenters. The zero-order valence-corrected chi connectivity index (χ0v) is 23.4. The van der Waals surface area contributed by atoms with Crippen molar-refractivity contribution in [3.05, 3.63) is 158 Å². The SMILES string of the molecule is c1ccc(-c2cccc(-c3c4ccccc4c(-c4cccc5c4oc4ccc6ccccc6c45)c4ccccc34)c2)cc1. The average Bonchev–Trinajstić information content (AvgIpc) is 3.47. The molecule has 0 N–H and O–H groups in total. The van der Waals surface area contributed by atoms with Crippen LogP contribution in [0.4, 0.5) is 0 Å². The molecule has 0 radical (unpaired) electrons. The van der Waals surface area contributed by atoms with Gasteiger partial charge in [0.1, 0.15) is 11.2 Å². The summed E-state index contributed by atoms with van der Waals surface area (Å²) in [4.78, 5) is 0. The lowest BCUT2D eigenvalue weighted by Gasteiger charge is -2.18. The molecule has 43 heavy (non-hydrogen) atoms. The van der Waals surface area contributed by atoms with Gasteiger partial charge in [0, 0.05) is 21.9 Å². The predicted molar refractivity (Wildman–Crippen MR) is 183 cm³/mol. The van der Waals surface area contributed by atoms with E-state index in [-0.39, 0.29) is 0 Å². The molecule has 1 heteroatoms. The van der Waals surface area contributed by atoms with E-state index in [2.05, 4.69) is 158 Å². The molecular weight excluding hydrogens is 520 g/mol. The lowest BCUT2D eigenvalue weighted by Crippen LogP contribution is -1.91. The molecule has 0 aliphatic heterocycles. The van der Waals surface area contributed by atoms with Crippen LogP contribution in [0.25, 0.3) is 87.6 Å². The van der Waals surface area contributed by atoms with Gasteiger partial charge in [-0.2, -0.15) is 0 Å². The minimum absolute atomic E-state index is 0.920. The summed E-state index contributed by atoms with van der Waals surface area (Å²) in [5.74, 6) is 0. The Bertz CT molecular complexity index is 2440. The fraction of sp³-hybridized carbons (Fsp3) is 0. The maximum atomic E-state index is 6.72. The van der Waals surface area contributed by atoms with E-state index in [1.54, 1.807) is 0 Å². The highest BCUT2D eigenvalue weighted by molar-refractivity contribution is 6.26. The van der Waals surface area contributed by atoms with Crippen LogP contribution in [-0.2, 0) is 0 Å². The third-order valence-corrected chi connectivity index (χ3v) is 8.85. The summed E-state index contributed by atoms with van der Waals surface area (Å²) < 4.78 is 6.72. The second-order valence-electron chi connectivity index (χ2n) is 11.2. The Kier molecular flexibility index (Phi) is 5.27. The standard InChI is InChI=1S/C42H26O/c1-2-12-27(13-3-1)29-15-10-16-30(26-29)39-32-18-6-8-20-34(32)40(35-21-9-7-19-33(35)39)36-22-11-23-37-41-31-17-5-4-14-28(31)24-25-38(41)43-42(36)37/h1-26H. The number of para-hydroxylation sites is 1. The summed E-state index contributed by atoms with van der Waals surface area (Å²) in [6, 6.07) is 56.7. The summed E-state index contributed by atoms with van der Waals surface area (Å²) >= 11 is 0. The lowest BCUT2D eigenvalue weighted by molar-refractivity contribution is 0.670. The van der Waals surface area contributed by atoms with Gasteiger partial charge in [-0.05, 0) is 66.7 Å². The molecule has 0 bridgehead atoms. The zero-order valence-electron chi connectivity index (χ0n) is 23.4. The molecule has 1 aromatic heterocycles. The molecule has 1 heterocycles. The van der Waals surface area contributed by atoms with Crippen molar-refractivity contribution < 1.29 is 4.42 Å². The average molecular weight is 547 g/mol. The monoisotopic (exact) mass is 546 g/mol. The van der Waals surface area contributed by atoms with Gasteiger partial charge in [0.2, 0.25) is 0 Å². The van der Waals surface area contributed by atoms with Crippen molar-refractivity contribution >= 4 is 54.3 Å². The van der Waals surface area contributed by atoms with E-state index < -0.39 is 0 Å². The normalized spacial score (nSPS) is 11.7. The summed E-state index contributed by atoms with van der Waals surface area (Å²) in [5.41, 5.74) is 9.10. The highest BCUT2D eigenvalue weighted by Crippen LogP contribution is 2.47. The van der Waals surface area contributed by atoms with Crippen LogP contribution in [0, 0.1) is 0 Å². The van der Waals surface area contributed by atoms with E-state index >= 15 is 0 Å². The van der Waals surface area contributed by atoms with Crippen LogP contribution in [0.5, 0.6) is 0 Å². The zero-order chi connectivity index (χ0) is 28.3. The lowest BCUT2D eigenvalue weighted by atomic mass is 9.85. The van der Waals surface area contributed by atoms with E-state index in [1.807, 2.05) is 0 Å². The molecule has 0 aliphatic carbocycles. The molecule has 0 amide bonds. The van der Waals surface area contributed by atoms with Gasteiger partial charge in [-0.15, -0.1) is 0 Å². The largest absolute Gasteiger partial charge is 0.455 e. The third kappa shape index (κ3) is 3.65. The minimum atomic E-state index is 0.920. The smallest absolute Gasteiger partial charge is 0.143 e. The third-order valence-electron chi connectivity index (χ3n) is 8.85. The Labute approximate surface area is 249 Å². The van der Waals surface area contributed by atoms with Crippen LogP contribution < -0.4 is 0 Å². The molecule has 9 aromatic rings. The van der Waals surface area contributed by atoms with Crippen LogP contribution in [0.2, 0.25) is 0 Å². The van der Waals surface area contributed by atoms with Crippen LogP contribution in [0.15, 0.2) is 162 Å². The van der Waals surface area contributed by atoms with Crippen molar-refractivity contribution in [2.75, 3.05) is 0 Å². The van der Waals surface area contributed by atoms with Crippen molar-refractivity contribution in [2.45, 2.75) is 0 Å². The molecule has 0 spiro atoms. The van der Waals surface area contributed by atoms with Gasteiger partial charge in [-0.3, -0.25) is 0 Å². The number of hydrogen-bond acceptors (Lipinski definition) is 1. The van der Waals surface area contributed by atoms with E-state index in [0.717, 1.165) is 22.1 Å². The number of rotatable bonds is 3. The molecule has 0 aliphatic rings. The van der Waals surface area contributed by atoms with Crippen molar-refractivity contribution in [3.8, 4) is 33.4 Å². The maximum absolute atomic E-state index is 6.72. The highest BCUT2D eigenvalue weighted by atomic mass is 16.3. The molecule has 1 nitrogen and oxygen atoms in total. The highest BCUT2D eigenvalue weighted by Gasteiger charge is 2.20. The summed E-state index contributed by atoms with van der Waals surface area (Å²) in [7, 11) is 0. The second-order valence-corrected chi connectivity index (χ2v) is 11.2. The maximum Gasteiger partial charge on any atom is 0.143 e. The molecule has 200 valence electrons. The van der Waals surface area contributed by atoms with E-state index in [0.29, 0.717) is 0 Å². The van der Waals surface area contributed by atoms with Crippen LogP contribution in [-0.4, -0.2) is 0 Å². The Hall–Kier alpha value is -5.66. The van der Waals surface area contributed by atoms with Gasteiger partial charge < -0.3 is 4.42 Å². The van der Waals surface area contributed by atoms with Crippen molar-refractivity contribution in [2.24, 2.45) is 0 Å². The fourth-order valence-electron chi connectivity index (χ4n) is 6.98. The van der Waals surface area contributed by atoms with Gasteiger partial charge in [-0.1, -0.05) is 146 Å². The van der Waals surface area contributed by atoms with Crippen molar-refractivity contribution in [1.29, 1.82) is 0 Å². The van der Waals surface area contributed by atoms with E-state index in [1.165, 1.54) is 65.5 Å². The number of hydrogen-bond donors (Lipinski definition) is 0. The number of furan rings is 1. The van der Waals surface area contributed by atoms with Gasteiger partial charge in [0.05, 0.1) is 0 Å². The minimum Gasteiger partial charge on any atom is -0.455 e. The Morgan fingerprint density at radius 2 is 0.907 bits per heavy atom. The molecule has 0 saturated carbocycles. The topological polar surface area (TPSA) is 13.1 Å². The molecule has 0 atom stereocenters. The predicted octanol–water partition coefficient (Wildman–Crippen LogP) is 12.0. The summed E-state index contributed by atoms with van der Waals surface area (Å²) in [5, 5.41) is 9.69. The van der Waals surface area contributed by atoms with Crippen LogP contribution >= 0.6 is 0 Å². The Morgan fingerprint density at radius 3 is 1.65 bits per heavy atom. The quantitative estimate of drug-likeness (QED) is 0.201. The van der Waals surface area contributed by atoms with Gasteiger partial charge in [-0.25, -0.2) is 0 Å². The van der Waals surface area contributed by atoms with E-state index in [9.17, 15) is 0 Å². The first-order valence-corrected chi connectivity index (χ1v) is 14.8. The summed E-state index contributed by atoms with van der Waals surface area (Å²) in [6.07, 6.45) is 0. The molecule has 9 rings (SSSR count). The first kappa shape index (κ1) is 24.0. The number of benzene rings is 8. The number of fused-ring (bicyclic) bond motifs is 7. The Morgan fingerprint density at radius 1 is 0.349 bits per heavy atom. The van der Waals surface area contributed by atoms with Gasteiger partial charge in [0.15, 0.2) is 0 Å². The molecule has 8 aromatic carbocycles. The van der Waals surface area contributed by atoms with Crippen LogP contribution in [0.3, 0.4) is 0 Å². The first-order chi connectivity index (χ1) is 21.3. The second kappa shape index (κ2) is 9.44. The van der Waals surface area contributed by atoms with E-state index in [4.69, 9.17) is 4.42 Å². The Balaban J connectivity index is 1.38. The van der Waals surface area contributed by atoms with Crippen molar-refractivity contribution in [3.63, 3.8) is 0 Å². The molecule has 0 fully saturated rings. The molecule has 0 saturated heterocycles. The fourth-order valence-corrected chi connectivity index (χ4v) is 6.98. The molecular formula is C42H26O. The van der Waals surface area contributed by atoms with Crippen LogP contribution in [0.1, 0.15) is 0 Å². The first-order valence-electron chi connectivity index (χ1n) is 14.8.